The second kappa shape index (κ2) is 4.94. The molecule has 80 valence electrons. The summed E-state index contributed by atoms with van der Waals surface area (Å²) in [5, 5.41) is 3.22. The Kier molecular flexibility index (Phi) is 3.35. The monoisotopic (exact) mass is 203 g/mol. The molecule has 0 atom stereocenters. The van der Waals surface area contributed by atoms with Gasteiger partial charge in [-0.2, -0.15) is 0 Å². The zero-order valence-electron chi connectivity index (χ0n) is 9.09. The second-order valence-corrected chi connectivity index (χ2v) is 3.88. The van der Waals surface area contributed by atoms with Crippen LogP contribution in [0.5, 0.6) is 0 Å². The summed E-state index contributed by atoms with van der Waals surface area (Å²) in [6, 6.07) is 6.16. The van der Waals surface area contributed by atoms with Crippen LogP contribution in [-0.2, 0) is 0 Å². The van der Waals surface area contributed by atoms with Crippen molar-refractivity contribution in [1.82, 2.24) is 15.3 Å². The number of benzene rings is 1. The number of aromatic amines is 1. The van der Waals surface area contributed by atoms with Crippen LogP contribution in [0.15, 0.2) is 24.5 Å². The molecule has 1 aromatic heterocycles. The fraction of sp³-hybridized carbons (Fsp3) is 0.417. The van der Waals surface area contributed by atoms with Crippen LogP contribution in [0.2, 0.25) is 0 Å². The van der Waals surface area contributed by atoms with Crippen molar-refractivity contribution in [1.29, 1.82) is 0 Å². The normalized spacial score (nSPS) is 15.0. The lowest BCUT2D eigenvalue weighted by molar-refractivity contribution is 0.857. The maximum Gasteiger partial charge on any atom is 0.0931 e. The minimum absolute atomic E-state index is 1.03. The minimum Gasteiger partial charge on any atom is -0.345 e. The first-order valence-corrected chi connectivity index (χ1v) is 5.47. The van der Waals surface area contributed by atoms with E-state index in [1.54, 1.807) is 6.33 Å². The van der Waals surface area contributed by atoms with Gasteiger partial charge in [0.15, 0.2) is 0 Å². The number of H-pyrrole nitrogens is 1. The summed E-state index contributed by atoms with van der Waals surface area (Å²) in [4.78, 5) is 7.15. The van der Waals surface area contributed by atoms with Crippen molar-refractivity contribution >= 4 is 11.0 Å². The van der Waals surface area contributed by atoms with Gasteiger partial charge in [0.2, 0.25) is 0 Å². The lowest BCUT2D eigenvalue weighted by atomic mass is 10.2. The Balaban J connectivity index is 0.000000144. The molecule has 3 nitrogen and oxygen atoms in total. The lowest BCUT2D eigenvalue weighted by Gasteiger charge is -1.89. The number of aromatic nitrogens is 2. The van der Waals surface area contributed by atoms with Crippen LogP contribution in [0.1, 0.15) is 18.4 Å². The van der Waals surface area contributed by atoms with E-state index in [-0.39, 0.29) is 0 Å². The third kappa shape index (κ3) is 2.80. The second-order valence-electron chi connectivity index (χ2n) is 3.88. The summed E-state index contributed by atoms with van der Waals surface area (Å²) in [6.45, 7) is 4.57. The smallest absolute Gasteiger partial charge is 0.0931 e. The first-order chi connectivity index (χ1) is 7.36. The molecule has 2 N–H and O–H groups in total. The zero-order chi connectivity index (χ0) is 10.5. The molecule has 0 bridgehead atoms. The molecule has 0 aliphatic carbocycles. The van der Waals surface area contributed by atoms with Gasteiger partial charge in [-0.1, -0.05) is 6.07 Å². The van der Waals surface area contributed by atoms with E-state index in [0.29, 0.717) is 0 Å². The molecule has 1 aliphatic rings. The standard InChI is InChI=1S/C8H8N2.C4H9N/c1-6-2-3-7-8(4-6)10-5-9-7;1-2-4-5-3-1/h2-5H,1H3,(H,9,10);5H,1-4H2. The quantitative estimate of drug-likeness (QED) is 0.689. The van der Waals surface area contributed by atoms with Crippen molar-refractivity contribution in [3.8, 4) is 0 Å². The number of fused-ring (bicyclic) bond motifs is 1. The number of nitrogens with zero attached hydrogens (tertiary/aromatic N) is 1. The Morgan fingerprint density at radius 3 is 2.67 bits per heavy atom. The van der Waals surface area contributed by atoms with Crippen LogP contribution >= 0.6 is 0 Å². The summed E-state index contributed by atoms with van der Waals surface area (Å²) < 4.78 is 0. The number of aryl methyl sites for hydroxylation is 1. The lowest BCUT2D eigenvalue weighted by Crippen LogP contribution is -2.03. The van der Waals surface area contributed by atoms with E-state index >= 15 is 0 Å². The molecule has 0 saturated carbocycles. The highest BCUT2D eigenvalue weighted by Gasteiger charge is 1.93. The first kappa shape index (κ1) is 10.2. The number of hydrogen-bond acceptors (Lipinski definition) is 2. The highest BCUT2D eigenvalue weighted by molar-refractivity contribution is 5.74. The van der Waals surface area contributed by atoms with E-state index < -0.39 is 0 Å². The van der Waals surface area contributed by atoms with Gasteiger partial charge < -0.3 is 10.3 Å². The summed E-state index contributed by atoms with van der Waals surface area (Å²) >= 11 is 0. The van der Waals surface area contributed by atoms with E-state index in [2.05, 4.69) is 34.3 Å². The van der Waals surface area contributed by atoms with Gasteiger partial charge in [-0.3, -0.25) is 0 Å². The fourth-order valence-electron chi connectivity index (χ4n) is 1.67. The van der Waals surface area contributed by atoms with E-state index in [1.807, 2.05) is 6.07 Å². The average Bonchev–Trinajstić information content (AvgIpc) is 2.91. The van der Waals surface area contributed by atoms with Gasteiger partial charge >= 0.3 is 0 Å². The molecule has 3 rings (SSSR count). The van der Waals surface area contributed by atoms with Crippen molar-refractivity contribution in [2.45, 2.75) is 19.8 Å². The Labute approximate surface area is 89.9 Å². The van der Waals surface area contributed by atoms with Crippen LogP contribution in [0.4, 0.5) is 0 Å². The Morgan fingerprint density at radius 2 is 2.00 bits per heavy atom. The number of imidazole rings is 1. The van der Waals surface area contributed by atoms with Crippen molar-refractivity contribution in [3.63, 3.8) is 0 Å². The molecule has 1 aromatic carbocycles. The van der Waals surface area contributed by atoms with Gasteiger partial charge in [0.25, 0.3) is 0 Å². The van der Waals surface area contributed by atoms with Crippen LogP contribution < -0.4 is 5.32 Å². The molecule has 3 heteroatoms. The number of nitrogens with one attached hydrogen (secondary N) is 2. The summed E-state index contributed by atoms with van der Waals surface area (Å²) in [7, 11) is 0. The zero-order valence-corrected chi connectivity index (χ0v) is 9.09. The van der Waals surface area contributed by atoms with Gasteiger partial charge in [-0.15, -0.1) is 0 Å². The Morgan fingerprint density at radius 1 is 1.20 bits per heavy atom. The molecular weight excluding hydrogens is 186 g/mol. The topological polar surface area (TPSA) is 40.7 Å². The molecule has 2 aromatic rings. The largest absolute Gasteiger partial charge is 0.345 e. The summed E-state index contributed by atoms with van der Waals surface area (Å²) in [5.41, 5.74) is 3.40. The van der Waals surface area contributed by atoms with E-state index in [1.165, 1.54) is 31.5 Å². The van der Waals surface area contributed by atoms with Crippen molar-refractivity contribution < 1.29 is 0 Å². The van der Waals surface area contributed by atoms with E-state index in [9.17, 15) is 0 Å². The van der Waals surface area contributed by atoms with E-state index in [0.717, 1.165) is 11.0 Å². The van der Waals surface area contributed by atoms with Gasteiger partial charge in [0.05, 0.1) is 17.4 Å². The molecule has 1 aliphatic heterocycles. The first-order valence-electron chi connectivity index (χ1n) is 5.47. The van der Waals surface area contributed by atoms with Crippen molar-refractivity contribution in [3.05, 3.63) is 30.1 Å². The predicted octanol–water partition coefficient (Wildman–Crippen LogP) is 2.24. The summed E-state index contributed by atoms with van der Waals surface area (Å²) in [6.07, 6.45) is 4.49. The van der Waals surface area contributed by atoms with Crippen molar-refractivity contribution in [2.24, 2.45) is 0 Å². The fourth-order valence-corrected chi connectivity index (χ4v) is 1.67. The highest BCUT2D eigenvalue weighted by Crippen LogP contribution is 2.09. The molecule has 1 saturated heterocycles. The third-order valence-electron chi connectivity index (χ3n) is 2.53. The predicted molar refractivity (Wildman–Crippen MR) is 62.9 cm³/mol. The highest BCUT2D eigenvalue weighted by atomic mass is 14.9. The Hall–Kier alpha value is -1.35. The molecule has 15 heavy (non-hydrogen) atoms. The molecule has 0 amide bonds. The minimum atomic E-state index is 1.03. The SMILES string of the molecule is C1CCNC1.Cc1ccc2nc[nH]c2c1. The maximum atomic E-state index is 4.10. The molecule has 2 heterocycles. The van der Waals surface area contributed by atoms with Gasteiger partial charge in [-0.25, -0.2) is 4.98 Å². The third-order valence-corrected chi connectivity index (χ3v) is 2.53. The van der Waals surface area contributed by atoms with Crippen molar-refractivity contribution in [2.75, 3.05) is 13.1 Å². The van der Waals surface area contributed by atoms with Gasteiger partial charge in [0.1, 0.15) is 0 Å². The number of rotatable bonds is 0. The molecule has 1 fully saturated rings. The molecule has 0 radical (unpaired) electrons. The van der Waals surface area contributed by atoms with E-state index in [4.69, 9.17) is 0 Å². The van der Waals surface area contributed by atoms with Gasteiger partial charge in [0, 0.05) is 0 Å². The Bertz CT molecular complexity index is 408. The van der Waals surface area contributed by atoms with Crippen LogP contribution in [0, 0.1) is 6.92 Å². The molecule has 0 unspecified atom stereocenters. The maximum absolute atomic E-state index is 4.10. The van der Waals surface area contributed by atoms with Crippen LogP contribution in [0.3, 0.4) is 0 Å². The average molecular weight is 203 g/mol. The van der Waals surface area contributed by atoms with Gasteiger partial charge in [-0.05, 0) is 50.6 Å². The van der Waals surface area contributed by atoms with Crippen LogP contribution in [0.25, 0.3) is 11.0 Å². The molecular formula is C12H17N3. The molecule has 0 spiro atoms. The van der Waals surface area contributed by atoms with Crippen LogP contribution in [-0.4, -0.2) is 23.1 Å². The summed E-state index contributed by atoms with van der Waals surface area (Å²) in [5.74, 6) is 0. The number of hydrogen-bond donors (Lipinski definition) is 2.